The molecule has 2 N–H and O–H groups in total. The monoisotopic (exact) mass is 605 g/mol. The van der Waals surface area contributed by atoms with Crippen LogP contribution >= 0.6 is 0 Å². The lowest BCUT2D eigenvalue weighted by atomic mass is 10.2. The molecular formula is C30H31N5O7S. The number of methoxy groups -OCH3 is 1. The topological polar surface area (TPSA) is 143 Å². The average Bonchev–Trinajstić information content (AvgIpc) is 3.34. The third kappa shape index (κ3) is 6.09. The fourth-order valence-corrected chi connectivity index (χ4v) is 6.28. The van der Waals surface area contributed by atoms with Crippen molar-refractivity contribution in [2.45, 2.75) is 11.8 Å². The number of hydrogen-bond acceptors (Lipinski definition) is 8. The summed E-state index contributed by atoms with van der Waals surface area (Å²) in [6.07, 6.45) is 0. The lowest BCUT2D eigenvalue weighted by Gasteiger charge is -2.32. The van der Waals surface area contributed by atoms with Gasteiger partial charge in [0.1, 0.15) is 16.4 Å². The Morgan fingerprint density at radius 2 is 1.60 bits per heavy atom. The first-order valence-electron chi connectivity index (χ1n) is 13.4. The fraction of sp³-hybridized carbons (Fsp3) is 0.233. The van der Waals surface area contributed by atoms with Gasteiger partial charge in [0.2, 0.25) is 15.9 Å². The third-order valence-electron chi connectivity index (χ3n) is 7.11. The van der Waals surface area contributed by atoms with E-state index in [9.17, 15) is 23.1 Å². The Kier molecular flexibility index (Phi) is 8.48. The van der Waals surface area contributed by atoms with Crippen LogP contribution in [0.4, 0.5) is 5.69 Å². The van der Waals surface area contributed by atoms with Crippen LogP contribution in [0.15, 0.2) is 77.7 Å². The highest BCUT2D eigenvalue weighted by Crippen LogP contribution is 2.37. The molecule has 224 valence electrons. The summed E-state index contributed by atoms with van der Waals surface area (Å²) in [5.74, 6) is -1.38. The quantitative estimate of drug-likeness (QED) is 0.291. The Morgan fingerprint density at radius 1 is 0.930 bits per heavy atom. The van der Waals surface area contributed by atoms with Gasteiger partial charge in [-0.1, -0.05) is 30.3 Å². The van der Waals surface area contributed by atoms with Crippen molar-refractivity contribution in [2.24, 2.45) is 0 Å². The van der Waals surface area contributed by atoms with Crippen LogP contribution in [0.3, 0.4) is 0 Å². The first-order valence-corrected chi connectivity index (χ1v) is 14.9. The van der Waals surface area contributed by atoms with Gasteiger partial charge in [0.05, 0.1) is 18.4 Å². The van der Waals surface area contributed by atoms with Gasteiger partial charge in [-0.15, -0.1) is 0 Å². The Hall–Kier alpha value is -4.72. The maximum absolute atomic E-state index is 14.0. The number of sulfonamides is 1. The van der Waals surface area contributed by atoms with E-state index in [1.165, 1.54) is 34.3 Å². The van der Waals surface area contributed by atoms with Gasteiger partial charge < -0.3 is 24.8 Å². The number of aromatic carboxylic acids is 1. The van der Waals surface area contributed by atoms with Crippen LogP contribution in [0.25, 0.3) is 5.69 Å². The van der Waals surface area contributed by atoms with Crippen molar-refractivity contribution in [2.75, 3.05) is 45.7 Å². The molecule has 2 heterocycles. The van der Waals surface area contributed by atoms with E-state index in [4.69, 9.17) is 9.47 Å². The number of piperazine rings is 1. The van der Waals surface area contributed by atoms with Crippen LogP contribution < -0.4 is 14.8 Å². The number of likely N-dealkylation sites (N-methyl/N-ethyl adjacent to an activating group) is 1. The number of para-hydroxylation sites is 2. The summed E-state index contributed by atoms with van der Waals surface area (Å²) in [5.41, 5.74) is 1.00. The van der Waals surface area contributed by atoms with Crippen LogP contribution in [0.1, 0.15) is 26.4 Å². The molecule has 12 nitrogen and oxygen atoms in total. The number of benzene rings is 3. The minimum atomic E-state index is -4.11. The highest BCUT2D eigenvalue weighted by atomic mass is 32.2. The minimum Gasteiger partial charge on any atom is -0.496 e. The molecule has 0 unspecified atom stereocenters. The molecule has 0 spiro atoms. The molecule has 0 aliphatic carbocycles. The zero-order chi connectivity index (χ0) is 30.7. The van der Waals surface area contributed by atoms with Crippen molar-refractivity contribution in [3.63, 3.8) is 0 Å². The normalized spacial score (nSPS) is 14.3. The SMILES string of the molecule is COc1ccccc1C(=O)Nc1ccc(Oc2c(C)c(C(=O)O)nn2-c2ccccc2)c(S(=O)(=O)N2CCN(C)CC2)c1. The Balaban J connectivity index is 1.59. The van der Waals surface area contributed by atoms with E-state index in [2.05, 4.69) is 10.4 Å². The molecule has 1 saturated heterocycles. The van der Waals surface area contributed by atoms with Crippen molar-refractivity contribution in [1.82, 2.24) is 19.0 Å². The number of hydrogen-bond donors (Lipinski definition) is 2. The summed E-state index contributed by atoms with van der Waals surface area (Å²) in [6.45, 7) is 3.16. The second-order valence-corrected chi connectivity index (χ2v) is 11.9. The number of aromatic nitrogens is 2. The standard InChI is InChI=1S/C30H31N5O7S/c1-20-27(30(37)38)32-35(22-9-5-4-6-10-22)29(20)42-25-14-13-21(31-28(36)23-11-7-8-12-24(23)41-3)19-26(25)43(39,40)34-17-15-33(2)16-18-34/h4-14,19H,15-18H2,1-3H3,(H,31,36)(H,37,38). The van der Waals surface area contributed by atoms with E-state index in [1.54, 1.807) is 61.5 Å². The molecular weight excluding hydrogens is 574 g/mol. The van der Waals surface area contributed by atoms with Crippen molar-refractivity contribution in [3.8, 4) is 23.1 Å². The average molecular weight is 606 g/mol. The maximum Gasteiger partial charge on any atom is 0.356 e. The molecule has 0 bridgehead atoms. The van der Waals surface area contributed by atoms with Gasteiger partial charge in [-0.2, -0.15) is 14.1 Å². The fourth-order valence-electron chi connectivity index (χ4n) is 4.72. The second-order valence-electron chi connectivity index (χ2n) is 9.96. The Bertz CT molecular complexity index is 1760. The Labute approximate surface area is 249 Å². The third-order valence-corrected chi connectivity index (χ3v) is 9.03. The number of rotatable bonds is 9. The second kappa shape index (κ2) is 12.3. The van der Waals surface area contributed by atoms with Gasteiger partial charge >= 0.3 is 5.97 Å². The van der Waals surface area contributed by atoms with Crippen LogP contribution in [-0.4, -0.2) is 84.7 Å². The van der Waals surface area contributed by atoms with E-state index in [1.807, 2.05) is 11.9 Å². The van der Waals surface area contributed by atoms with Gasteiger partial charge in [-0.25, -0.2) is 13.2 Å². The van der Waals surface area contributed by atoms with E-state index in [0.717, 1.165) is 0 Å². The lowest BCUT2D eigenvalue weighted by Crippen LogP contribution is -2.47. The first kappa shape index (κ1) is 29.8. The van der Waals surface area contributed by atoms with Crippen LogP contribution in [0.2, 0.25) is 0 Å². The van der Waals surface area contributed by atoms with Crippen molar-refractivity contribution < 1.29 is 32.6 Å². The number of carboxylic acid groups (broad SMARTS) is 1. The van der Waals surface area contributed by atoms with Gasteiger partial charge in [-0.3, -0.25) is 4.79 Å². The van der Waals surface area contributed by atoms with E-state index in [0.29, 0.717) is 24.5 Å². The number of nitrogens with one attached hydrogen (secondary N) is 1. The number of ether oxygens (including phenoxy) is 2. The molecule has 0 radical (unpaired) electrons. The molecule has 4 aromatic rings. The number of amides is 1. The summed E-state index contributed by atoms with van der Waals surface area (Å²) < 4.78 is 42.3. The number of anilines is 1. The molecule has 3 aromatic carbocycles. The predicted molar refractivity (Wildman–Crippen MR) is 159 cm³/mol. The van der Waals surface area contributed by atoms with Gasteiger partial charge in [0.15, 0.2) is 5.69 Å². The zero-order valence-corrected chi connectivity index (χ0v) is 24.7. The maximum atomic E-state index is 14.0. The molecule has 1 aliphatic rings. The van der Waals surface area contributed by atoms with E-state index < -0.39 is 21.9 Å². The van der Waals surface area contributed by atoms with Crippen LogP contribution in [0.5, 0.6) is 17.4 Å². The molecule has 5 rings (SSSR count). The molecule has 1 aliphatic heterocycles. The van der Waals surface area contributed by atoms with Crippen molar-refractivity contribution in [1.29, 1.82) is 0 Å². The first-order chi connectivity index (χ1) is 20.6. The number of nitrogens with zero attached hydrogens (tertiary/aromatic N) is 4. The number of carbonyl (C=O) groups is 2. The molecule has 13 heteroatoms. The summed E-state index contributed by atoms with van der Waals surface area (Å²) in [5, 5.41) is 16.7. The minimum absolute atomic E-state index is 0.0456. The van der Waals surface area contributed by atoms with Gasteiger partial charge in [0.25, 0.3) is 5.91 Å². The lowest BCUT2D eigenvalue weighted by molar-refractivity contribution is 0.0689. The van der Waals surface area contributed by atoms with Gasteiger partial charge in [0, 0.05) is 37.4 Å². The molecule has 1 amide bonds. The summed E-state index contributed by atoms with van der Waals surface area (Å²) >= 11 is 0. The van der Waals surface area contributed by atoms with Gasteiger partial charge in [-0.05, 0) is 56.4 Å². The number of carboxylic acids is 1. The molecule has 1 aromatic heterocycles. The highest BCUT2D eigenvalue weighted by molar-refractivity contribution is 7.89. The van der Waals surface area contributed by atoms with Crippen LogP contribution in [-0.2, 0) is 10.0 Å². The van der Waals surface area contributed by atoms with Crippen molar-refractivity contribution in [3.05, 3.63) is 89.6 Å². The summed E-state index contributed by atoms with van der Waals surface area (Å²) in [4.78, 5) is 26.9. The van der Waals surface area contributed by atoms with E-state index >= 15 is 0 Å². The largest absolute Gasteiger partial charge is 0.496 e. The highest BCUT2D eigenvalue weighted by Gasteiger charge is 2.32. The summed E-state index contributed by atoms with van der Waals surface area (Å²) in [6, 6.07) is 19.8. The smallest absolute Gasteiger partial charge is 0.356 e. The predicted octanol–water partition coefficient (Wildman–Crippen LogP) is 3.87. The Morgan fingerprint density at radius 3 is 2.28 bits per heavy atom. The molecule has 1 fully saturated rings. The molecule has 0 atom stereocenters. The zero-order valence-electron chi connectivity index (χ0n) is 23.9. The van der Waals surface area contributed by atoms with Crippen molar-refractivity contribution >= 4 is 27.6 Å². The molecule has 0 saturated carbocycles. The number of carbonyl (C=O) groups excluding carboxylic acids is 1. The van der Waals surface area contributed by atoms with E-state index in [-0.39, 0.29) is 52.1 Å². The van der Waals surface area contributed by atoms with Crippen LogP contribution in [0, 0.1) is 6.92 Å². The summed E-state index contributed by atoms with van der Waals surface area (Å²) in [7, 11) is -0.740. The molecule has 43 heavy (non-hydrogen) atoms.